The Morgan fingerprint density at radius 1 is 1.08 bits per heavy atom. The summed E-state index contributed by atoms with van der Waals surface area (Å²) in [5.74, 6) is 0.259. The number of phenolic OH excluding ortho intramolecular Hbond substituents is 1. The second kappa shape index (κ2) is 2.70. The second-order valence-corrected chi connectivity index (χ2v) is 2.46. The summed E-state index contributed by atoms with van der Waals surface area (Å²) in [7, 11) is 0. The van der Waals surface area contributed by atoms with E-state index >= 15 is 0 Å². The maximum absolute atomic E-state index is 9.02. The molecule has 1 heterocycles. The lowest BCUT2D eigenvalue weighted by molar-refractivity contribution is 0.420. The molecule has 0 aliphatic carbocycles. The summed E-state index contributed by atoms with van der Waals surface area (Å²) in [6.07, 6.45) is 3.19. The van der Waals surface area contributed by atoms with Crippen molar-refractivity contribution in [3.05, 3.63) is 36.7 Å². The predicted molar refractivity (Wildman–Crippen MR) is 43.6 cm³/mol. The first kappa shape index (κ1) is 6.91. The minimum atomic E-state index is 0.259. The summed E-state index contributed by atoms with van der Waals surface area (Å²) in [4.78, 5) is 0. The van der Waals surface area contributed by atoms with Crippen molar-refractivity contribution in [3.8, 4) is 16.9 Å². The maximum Gasteiger partial charge on any atom is 0.131 e. The highest BCUT2D eigenvalue weighted by Crippen LogP contribution is 2.20. The third kappa shape index (κ3) is 1.16. The SMILES string of the molecule is Oc1ccc(-c2cnoc2)cc1. The van der Waals surface area contributed by atoms with Gasteiger partial charge in [-0.2, -0.15) is 0 Å². The van der Waals surface area contributed by atoms with E-state index in [1.807, 2.05) is 12.1 Å². The summed E-state index contributed by atoms with van der Waals surface area (Å²) < 4.78 is 4.69. The van der Waals surface area contributed by atoms with Gasteiger partial charge in [0.15, 0.2) is 0 Å². The molecule has 1 aromatic heterocycles. The number of aromatic hydroxyl groups is 1. The molecule has 1 N–H and O–H groups in total. The fourth-order valence-corrected chi connectivity index (χ4v) is 1.00. The van der Waals surface area contributed by atoms with Crippen LogP contribution in [0.5, 0.6) is 5.75 Å². The van der Waals surface area contributed by atoms with Crippen molar-refractivity contribution in [2.75, 3.05) is 0 Å². The Morgan fingerprint density at radius 3 is 2.42 bits per heavy atom. The molecule has 2 aromatic rings. The molecule has 3 heteroatoms. The Labute approximate surface area is 69.2 Å². The number of hydrogen-bond acceptors (Lipinski definition) is 3. The van der Waals surface area contributed by atoms with Gasteiger partial charge < -0.3 is 9.63 Å². The second-order valence-electron chi connectivity index (χ2n) is 2.46. The Balaban J connectivity index is 2.43. The third-order valence-electron chi connectivity index (χ3n) is 1.63. The van der Waals surface area contributed by atoms with Crippen molar-refractivity contribution in [3.63, 3.8) is 0 Å². The van der Waals surface area contributed by atoms with Crippen molar-refractivity contribution in [2.24, 2.45) is 0 Å². The van der Waals surface area contributed by atoms with Gasteiger partial charge in [0, 0.05) is 5.56 Å². The Morgan fingerprint density at radius 2 is 1.83 bits per heavy atom. The first-order chi connectivity index (χ1) is 5.86. The molecule has 3 nitrogen and oxygen atoms in total. The Kier molecular flexibility index (Phi) is 1.55. The lowest BCUT2D eigenvalue weighted by atomic mass is 10.1. The zero-order valence-corrected chi connectivity index (χ0v) is 6.27. The van der Waals surface area contributed by atoms with E-state index < -0.39 is 0 Å². The summed E-state index contributed by atoms with van der Waals surface area (Å²) in [6, 6.07) is 6.87. The zero-order valence-electron chi connectivity index (χ0n) is 6.27. The lowest BCUT2D eigenvalue weighted by Crippen LogP contribution is -1.71. The monoisotopic (exact) mass is 161 g/mol. The van der Waals surface area contributed by atoms with E-state index in [0.29, 0.717) is 0 Å². The number of aromatic nitrogens is 1. The van der Waals surface area contributed by atoms with Crippen LogP contribution in [-0.2, 0) is 0 Å². The van der Waals surface area contributed by atoms with Crippen molar-refractivity contribution >= 4 is 0 Å². The van der Waals surface area contributed by atoms with Crippen LogP contribution >= 0.6 is 0 Å². The quantitative estimate of drug-likeness (QED) is 0.696. The van der Waals surface area contributed by atoms with E-state index in [2.05, 4.69) is 9.68 Å². The minimum Gasteiger partial charge on any atom is -0.508 e. The van der Waals surface area contributed by atoms with Gasteiger partial charge in [-0.15, -0.1) is 0 Å². The molecule has 0 saturated carbocycles. The van der Waals surface area contributed by atoms with E-state index in [-0.39, 0.29) is 5.75 Å². The highest BCUT2D eigenvalue weighted by Gasteiger charge is 1.98. The molecule has 1 aromatic carbocycles. The van der Waals surface area contributed by atoms with Crippen LogP contribution in [0.4, 0.5) is 0 Å². The van der Waals surface area contributed by atoms with E-state index in [9.17, 15) is 0 Å². The smallest absolute Gasteiger partial charge is 0.131 e. The minimum absolute atomic E-state index is 0.259. The number of hydrogen-bond donors (Lipinski definition) is 1. The van der Waals surface area contributed by atoms with Gasteiger partial charge in [0.05, 0.1) is 6.20 Å². The summed E-state index contributed by atoms with van der Waals surface area (Å²) in [5, 5.41) is 12.6. The number of rotatable bonds is 1. The van der Waals surface area contributed by atoms with Gasteiger partial charge in [-0.25, -0.2) is 0 Å². The van der Waals surface area contributed by atoms with Gasteiger partial charge in [0.25, 0.3) is 0 Å². The number of benzene rings is 1. The van der Waals surface area contributed by atoms with Crippen LogP contribution in [0.1, 0.15) is 0 Å². The lowest BCUT2D eigenvalue weighted by Gasteiger charge is -1.94. The number of nitrogens with zero attached hydrogens (tertiary/aromatic N) is 1. The first-order valence-corrected chi connectivity index (χ1v) is 3.55. The van der Waals surface area contributed by atoms with Gasteiger partial charge in [-0.3, -0.25) is 0 Å². The van der Waals surface area contributed by atoms with Crippen LogP contribution in [0.15, 0.2) is 41.2 Å². The molecule has 0 amide bonds. The van der Waals surface area contributed by atoms with Crippen LogP contribution in [0, 0.1) is 0 Å². The predicted octanol–water partition coefficient (Wildman–Crippen LogP) is 2.05. The van der Waals surface area contributed by atoms with Gasteiger partial charge in [-0.1, -0.05) is 17.3 Å². The third-order valence-corrected chi connectivity index (χ3v) is 1.63. The topological polar surface area (TPSA) is 46.3 Å². The van der Waals surface area contributed by atoms with Crippen LogP contribution in [-0.4, -0.2) is 10.3 Å². The average Bonchev–Trinajstić information content (AvgIpc) is 2.58. The molecule has 0 bridgehead atoms. The van der Waals surface area contributed by atoms with E-state index in [0.717, 1.165) is 11.1 Å². The standard InChI is InChI=1S/C9H7NO2/c11-9-3-1-7(2-4-9)8-5-10-12-6-8/h1-6,11H. The normalized spacial score (nSPS) is 10.0. The van der Waals surface area contributed by atoms with E-state index in [4.69, 9.17) is 5.11 Å². The Hall–Kier alpha value is -1.77. The maximum atomic E-state index is 9.02. The highest BCUT2D eigenvalue weighted by molar-refractivity contribution is 5.61. The van der Waals surface area contributed by atoms with Crippen molar-refractivity contribution in [2.45, 2.75) is 0 Å². The van der Waals surface area contributed by atoms with Crippen molar-refractivity contribution < 1.29 is 9.63 Å². The van der Waals surface area contributed by atoms with Crippen molar-refractivity contribution in [1.29, 1.82) is 0 Å². The molecule has 0 spiro atoms. The fourth-order valence-electron chi connectivity index (χ4n) is 1.00. The molecule has 12 heavy (non-hydrogen) atoms. The van der Waals surface area contributed by atoms with Gasteiger partial charge in [-0.05, 0) is 17.7 Å². The fraction of sp³-hybridized carbons (Fsp3) is 0. The molecule has 0 unspecified atom stereocenters. The zero-order chi connectivity index (χ0) is 8.39. The average molecular weight is 161 g/mol. The molecule has 2 rings (SSSR count). The summed E-state index contributed by atoms with van der Waals surface area (Å²) in [5.41, 5.74) is 1.89. The largest absolute Gasteiger partial charge is 0.508 e. The molecule has 0 aliphatic rings. The van der Waals surface area contributed by atoms with Crippen LogP contribution in [0.2, 0.25) is 0 Å². The molecule has 60 valence electrons. The summed E-state index contributed by atoms with van der Waals surface area (Å²) in [6.45, 7) is 0. The first-order valence-electron chi connectivity index (χ1n) is 3.55. The molecule has 0 fully saturated rings. The van der Waals surface area contributed by atoms with Gasteiger partial charge in [0.1, 0.15) is 12.0 Å². The highest BCUT2D eigenvalue weighted by atomic mass is 16.5. The van der Waals surface area contributed by atoms with E-state index in [1.165, 1.54) is 0 Å². The van der Waals surface area contributed by atoms with Crippen LogP contribution in [0.3, 0.4) is 0 Å². The molecular weight excluding hydrogens is 154 g/mol. The number of phenols is 1. The van der Waals surface area contributed by atoms with Crippen molar-refractivity contribution in [1.82, 2.24) is 5.16 Å². The van der Waals surface area contributed by atoms with Crippen LogP contribution < -0.4 is 0 Å². The van der Waals surface area contributed by atoms with Gasteiger partial charge >= 0.3 is 0 Å². The van der Waals surface area contributed by atoms with E-state index in [1.54, 1.807) is 24.6 Å². The molecule has 0 atom stereocenters. The summed E-state index contributed by atoms with van der Waals surface area (Å²) >= 11 is 0. The molecule has 0 aliphatic heterocycles. The molecule has 0 radical (unpaired) electrons. The Bertz CT molecular complexity index is 351. The molecule has 0 saturated heterocycles. The van der Waals surface area contributed by atoms with Gasteiger partial charge in [0.2, 0.25) is 0 Å². The van der Waals surface area contributed by atoms with Crippen LogP contribution in [0.25, 0.3) is 11.1 Å². The molecular formula is C9H7NO2.